The van der Waals surface area contributed by atoms with Crippen LogP contribution in [0.4, 0.5) is 5.82 Å². The first kappa shape index (κ1) is 17.7. The highest BCUT2D eigenvalue weighted by Crippen LogP contribution is 2.23. The highest BCUT2D eigenvalue weighted by atomic mass is 16.3. The van der Waals surface area contributed by atoms with E-state index in [9.17, 15) is 9.90 Å². The van der Waals surface area contributed by atoms with Crippen molar-refractivity contribution in [2.45, 2.75) is 26.0 Å². The number of hydrogen-bond donors (Lipinski definition) is 4. The van der Waals surface area contributed by atoms with Gasteiger partial charge in [-0.15, -0.1) is 0 Å². The number of rotatable bonds is 3. The Balaban J connectivity index is 2.26. The van der Waals surface area contributed by atoms with Gasteiger partial charge >= 0.3 is 0 Å². The molecule has 0 amide bonds. The number of fused-ring (bicyclic) bond motifs is 1. The molecule has 0 aliphatic carbocycles. The number of nitrogens with one attached hydrogen (secondary N) is 1. The summed E-state index contributed by atoms with van der Waals surface area (Å²) in [5.41, 5.74) is 5.49. The summed E-state index contributed by atoms with van der Waals surface area (Å²) in [6.07, 6.45) is 3.18. The second-order valence-corrected chi connectivity index (χ2v) is 6.02. The Labute approximate surface area is 149 Å². The number of aromatic nitrogens is 4. The first-order valence-electron chi connectivity index (χ1n) is 8.07. The number of H-pyrrole nitrogens is 1. The van der Waals surface area contributed by atoms with Gasteiger partial charge in [0.25, 0.3) is 0 Å². The first-order valence-corrected chi connectivity index (χ1v) is 8.07. The van der Waals surface area contributed by atoms with Crippen molar-refractivity contribution in [3.63, 3.8) is 0 Å². The van der Waals surface area contributed by atoms with E-state index in [1.807, 2.05) is 6.92 Å². The van der Waals surface area contributed by atoms with Crippen molar-refractivity contribution < 1.29 is 10.2 Å². The fourth-order valence-electron chi connectivity index (χ4n) is 2.59. The molecule has 3 aromatic rings. The van der Waals surface area contributed by atoms with Crippen LogP contribution in [0.1, 0.15) is 19.5 Å². The third-order valence-corrected chi connectivity index (χ3v) is 3.97. The Morgan fingerprint density at radius 3 is 2.81 bits per heavy atom. The average molecular weight is 353 g/mol. The predicted molar refractivity (Wildman–Crippen MR) is 98.3 cm³/mol. The van der Waals surface area contributed by atoms with E-state index in [0.29, 0.717) is 34.7 Å². The zero-order chi connectivity index (χ0) is 18.9. The number of nitrogens with zero attached hydrogens (tertiary/aromatic N) is 3. The molecule has 0 fully saturated rings. The molecule has 3 aromatic heterocycles. The number of aliphatic hydroxyl groups excluding tert-OH is 1. The maximum absolute atomic E-state index is 12.9. The van der Waals surface area contributed by atoms with Crippen LogP contribution in [0.25, 0.3) is 22.4 Å². The quantitative estimate of drug-likeness (QED) is 0.507. The number of nitrogens with two attached hydrogens (primary N) is 1. The largest absolute Gasteiger partial charge is 0.392 e. The summed E-state index contributed by atoms with van der Waals surface area (Å²) < 4.78 is 1.71. The number of nitrogen functional groups attached to an aromatic ring is 1. The molecule has 134 valence electrons. The van der Waals surface area contributed by atoms with E-state index in [2.05, 4.69) is 26.8 Å². The molecule has 0 aliphatic rings. The van der Waals surface area contributed by atoms with E-state index in [0.717, 1.165) is 0 Å². The Kier molecular flexibility index (Phi) is 4.50. The van der Waals surface area contributed by atoms with Crippen molar-refractivity contribution in [1.29, 1.82) is 0 Å². The van der Waals surface area contributed by atoms with Crippen LogP contribution in [0, 0.1) is 11.8 Å². The maximum atomic E-state index is 12.9. The monoisotopic (exact) mass is 353 g/mol. The molecule has 8 nitrogen and oxygen atoms in total. The van der Waals surface area contributed by atoms with Gasteiger partial charge in [-0.05, 0) is 31.9 Å². The standard InChI is InChI=1S/C18H19N5O3/c1-3-23-15(19)13(16-20-8-9-21-16)14(25)12-5-4-11(22-17(12)23)6-7-18(2,26)10-24/h4-5,8-9,24,26H,3,10,19H2,1-2H3,(H,20,21)/t18-/m0/s1. The minimum Gasteiger partial charge on any atom is -0.392 e. The van der Waals surface area contributed by atoms with Crippen molar-refractivity contribution in [1.82, 2.24) is 19.5 Å². The van der Waals surface area contributed by atoms with Crippen LogP contribution in [0.5, 0.6) is 0 Å². The zero-order valence-corrected chi connectivity index (χ0v) is 14.4. The molecule has 0 saturated carbocycles. The number of aryl methyl sites for hydroxylation is 1. The number of imidazole rings is 1. The van der Waals surface area contributed by atoms with Gasteiger partial charge in [0.15, 0.2) is 0 Å². The lowest BCUT2D eigenvalue weighted by atomic mass is 10.1. The van der Waals surface area contributed by atoms with Crippen LogP contribution in [0.15, 0.2) is 29.3 Å². The van der Waals surface area contributed by atoms with E-state index >= 15 is 0 Å². The zero-order valence-electron chi connectivity index (χ0n) is 14.4. The van der Waals surface area contributed by atoms with E-state index in [4.69, 9.17) is 10.8 Å². The minimum atomic E-state index is -1.52. The number of hydrogen-bond acceptors (Lipinski definition) is 6. The molecule has 1 atom stereocenters. The van der Waals surface area contributed by atoms with Gasteiger partial charge in [-0.2, -0.15) is 0 Å². The second kappa shape index (κ2) is 6.63. The Morgan fingerprint density at radius 2 is 2.19 bits per heavy atom. The van der Waals surface area contributed by atoms with Crippen LogP contribution in [-0.2, 0) is 6.54 Å². The molecule has 0 saturated heterocycles. The fraction of sp³-hybridized carbons (Fsp3) is 0.278. The summed E-state index contributed by atoms with van der Waals surface area (Å²) in [7, 11) is 0. The summed E-state index contributed by atoms with van der Waals surface area (Å²) in [5.74, 6) is 5.93. The van der Waals surface area contributed by atoms with Crippen molar-refractivity contribution in [2.24, 2.45) is 0 Å². The molecule has 0 spiro atoms. The first-order chi connectivity index (χ1) is 12.4. The molecule has 0 bridgehead atoms. The minimum absolute atomic E-state index is 0.264. The van der Waals surface area contributed by atoms with Crippen LogP contribution in [0.3, 0.4) is 0 Å². The number of anilines is 1. The number of aliphatic hydroxyl groups is 2. The molecule has 0 unspecified atom stereocenters. The Morgan fingerprint density at radius 1 is 1.42 bits per heavy atom. The van der Waals surface area contributed by atoms with Gasteiger partial charge in [0.2, 0.25) is 5.43 Å². The topological polar surface area (TPSA) is 130 Å². The molecular weight excluding hydrogens is 334 g/mol. The van der Waals surface area contributed by atoms with E-state index in [1.54, 1.807) is 29.1 Å². The van der Waals surface area contributed by atoms with Crippen molar-refractivity contribution in [2.75, 3.05) is 12.3 Å². The Hall–Kier alpha value is -3.15. The van der Waals surface area contributed by atoms with Crippen LogP contribution in [0.2, 0.25) is 0 Å². The smallest absolute Gasteiger partial charge is 0.204 e. The lowest BCUT2D eigenvalue weighted by molar-refractivity contribution is 0.0518. The summed E-state index contributed by atoms with van der Waals surface area (Å²) >= 11 is 0. The van der Waals surface area contributed by atoms with Gasteiger partial charge in [0, 0.05) is 18.9 Å². The third kappa shape index (κ3) is 3.06. The van der Waals surface area contributed by atoms with Gasteiger partial charge in [-0.3, -0.25) is 4.79 Å². The van der Waals surface area contributed by atoms with Gasteiger partial charge in [-0.25, -0.2) is 9.97 Å². The van der Waals surface area contributed by atoms with E-state index in [-0.39, 0.29) is 11.2 Å². The third-order valence-electron chi connectivity index (χ3n) is 3.97. The summed E-state index contributed by atoms with van der Waals surface area (Å²) in [6.45, 7) is 3.29. The van der Waals surface area contributed by atoms with Crippen molar-refractivity contribution in [3.8, 4) is 23.2 Å². The molecular formula is C18H19N5O3. The SMILES string of the molecule is CCn1c(N)c(-c2ncc[nH]2)c(=O)c2ccc(C#C[C@](C)(O)CO)nc21. The van der Waals surface area contributed by atoms with Gasteiger partial charge in [-0.1, -0.05) is 5.92 Å². The van der Waals surface area contributed by atoms with Gasteiger partial charge in [0.1, 0.15) is 34.1 Å². The van der Waals surface area contributed by atoms with Crippen molar-refractivity contribution in [3.05, 3.63) is 40.4 Å². The normalized spacial score (nSPS) is 13.2. The van der Waals surface area contributed by atoms with E-state index in [1.165, 1.54) is 6.92 Å². The molecule has 0 aliphatic heterocycles. The fourth-order valence-corrected chi connectivity index (χ4v) is 2.59. The summed E-state index contributed by atoms with van der Waals surface area (Å²) in [4.78, 5) is 24.3. The molecule has 5 N–H and O–H groups in total. The lowest BCUT2D eigenvalue weighted by Gasteiger charge is -2.15. The maximum Gasteiger partial charge on any atom is 0.204 e. The highest BCUT2D eigenvalue weighted by molar-refractivity contribution is 5.86. The highest BCUT2D eigenvalue weighted by Gasteiger charge is 2.19. The van der Waals surface area contributed by atoms with E-state index < -0.39 is 12.2 Å². The molecule has 0 radical (unpaired) electrons. The molecule has 26 heavy (non-hydrogen) atoms. The summed E-state index contributed by atoms with van der Waals surface area (Å²) in [6, 6.07) is 3.21. The van der Waals surface area contributed by atoms with Crippen molar-refractivity contribution >= 4 is 16.9 Å². The lowest BCUT2D eigenvalue weighted by Crippen LogP contribution is -2.26. The number of aromatic amines is 1. The average Bonchev–Trinajstić information content (AvgIpc) is 3.14. The molecule has 3 rings (SSSR count). The van der Waals surface area contributed by atoms with Crippen LogP contribution in [-0.4, -0.2) is 41.9 Å². The van der Waals surface area contributed by atoms with Gasteiger partial charge < -0.3 is 25.5 Å². The number of pyridine rings is 2. The van der Waals surface area contributed by atoms with Crippen LogP contribution >= 0.6 is 0 Å². The molecule has 0 aromatic carbocycles. The molecule has 8 heteroatoms. The Bertz CT molecular complexity index is 1070. The predicted octanol–water partition coefficient (Wildman–Crippen LogP) is 0.484. The molecule has 3 heterocycles. The second-order valence-electron chi connectivity index (χ2n) is 6.02. The van der Waals surface area contributed by atoms with Crippen LogP contribution < -0.4 is 11.2 Å². The van der Waals surface area contributed by atoms with Gasteiger partial charge in [0.05, 0.1) is 12.0 Å². The summed E-state index contributed by atoms with van der Waals surface area (Å²) in [5, 5.41) is 19.3.